The van der Waals surface area contributed by atoms with Crippen molar-refractivity contribution in [3.63, 3.8) is 0 Å². The molecule has 2 aliphatic heterocycles. The van der Waals surface area contributed by atoms with Crippen molar-refractivity contribution in [3.05, 3.63) is 16.3 Å². The van der Waals surface area contributed by atoms with Crippen molar-refractivity contribution < 1.29 is 9.66 Å². The number of aromatic nitrogens is 2. The second kappa shape index (κ2) is 3.92. The quantitative estimate of drug-likeness (QED) is 0.593. The van der Waals surface area contributed by atoms with Crippen molar-refractivity contribution in [2.24, 2.45) is 0 Å². The van der Waals surface area contributed by atoms with Gasteiger partial charge in [-0.25, -0.2) is 0 Å². The third-order valence-corrected chi connectivity index (χ3v) is 3.26. The van der Waals surface area contributed by atoms with Crippen molar-refractivity contribution in [2.45, 2.75) is 19.1 Å². The fraction of sp³-hybridized carbons (Fsp3) is 0.700. The second-order valence-electron chi connectivity index (χ2n) is 5.03. The summed E-state index contributed by atoms with van der Waals surface area (Å²) in [7, 11) is 0. The lowest BCUT2D eigenvalue weighted by atomic mass is 10.1. The van der Waals surface area contributed by atoms with E-state index in [4.69, 9.17) is 4.74 Å². The summed E-state index contributed by atoms with van der Waals surface area (Å²) < 4.78 is 7.48. The highest BCUT2D eigenvalue weighted by Gasteiger charge is 2.41. The summed E-state index contributed by atoms with van der Waals surface area (Å²) in [5, 5.41) is 13.9. The molecule has 0 aromatic carbocycles. The van der Waals surface area contributed by atoms with E-state index in [2.05, 4.69) is 15.2 Å². The Hall–Kier alpha value is -1.67. The van der Waals surface area contributed by atoms with Crippen LogP contribution in [0.25, 0.3) is 0 Å². The van der Waals surface area contributed by atoms with Crippen LogP contribution in [0.15, 0.2) is 6.20 Å². The highest BCUT2D eigenvalue weighted by Crippen LogP contribution is 2.31. The monoisotopic (exact) mass is 253 g/mol. The first-order valence-corrected chi connectivity index (χ1v) is 5.89. The number of hydrogen-bond donors (Lipinski definition) is 1. The van der Waals surface area contributed by atoms with Crippen LogP contribution in [0.4, 0.5) is 5.82 Å². The van der Waals surface area contributed by atoms with E-state index in [1.807, 2.05) is 6.92 Å². The maximum absolute atomic E-state index is 10.6. The highest BCUT2D eigenvalue weighted by atomic mass is 16.6. The average molecular weight is 253 g/mol. The average Bonchev–Trinajstić information content (AvgIpc) is 2.92. The first-order chi connectivity index (χ1) is 8.56. The molecule has 8 nitrogen and oxygen atoms in total. The Morgan fingerprint density at radius 2 is 2.56 bits per heavy atom. The van der Waals surface area contributed by atoms with Crippen molar-refractivity contribution >= 4 is 5.82 Å². The molecule has 3 heterocycles. The molecule has 1 atom stereocenters. The number of fused-ring (bicyclic) bond motifs is 1. The molecular formula is C10H15N5O3. The highest BCUT2D eigenvalue weighted by molar-refractivity contribution is 5.23. The number of imidazole rings is 1. The zero-order chi connectivity index (χ0) is 12.8. The van der Waals surface area contributed by atoms with Crippen LogP contribution in [0.5, 0.6) is 6.01 Å². The van der Waals surface area contributed by atoms with Gasteiger partial charge in [0.15, 0.2) is 0 Å². The van der Waals surface area contributed by atoms with E-state index in [0.29, 0.717) is 12.6 Å². The van der Waals surface area contributed by atoms with Crippen LogP contribution >= 0.6 is 0 Å². The molecule has 0 spiro atoms. The topological polar surface area (TPSA) is 85.5 Å². The van der Waals surface area contributed by atoms with Gasteiger partial charge in [-0.15, -0.1) is 0 Å². The molecule has 1 saturated heterocycles. The Morgan fingerprint density at radius 1 is 1.72 bits per heavy atom. The van der Waals surface area contributed by atoms with Gasteiger partial charge >= 0.3 is 11.8 Å². The molecule has 0 radical (unpaired) electrons. The van der Waals surface area contributed by atoms with E-state index in [-0.39, 0.29) is 11.4 Å². The number of hydrogen-bond acceptors (Lipinski definition) is 6. The lowest BCUT2D eigenvalue weighted by molar-refractivity contribution is -0.389. The van der Waals surface area contributed by atoms with E-state index in [0.717, 1.165) is 26.3 Å². The Balaban J connectivity index is 1.71. The predicted octanol–water partition coefficient (Wildman–Crippen LogP) is -0.195. The Kier molecular flexibility index (Phi) is 2.49. The van der Waals surface area contributed by atoms with Gasteiger partial charge in [-0.3, -0.25) is 9.47 Å². The summed E-state index contributed by atoms with van der Waals surface area (Å²) in [5.74, 6) is -0.158. The lowest BCUT2D eigenvalue weighted by Gasteiger charge is -2.27. The lowest BCUT2D eigenvalue weighted by Crippen LogP contribution is -2.44. The molecule has 1 aromatic heterocycles. The minimum atomic E-state index is -0.504. The van der Waals surface area contributed by atoms with Crippen LogP contribution in [-0.2, 0) is 6.54 Å². The zero-order valence-corrected chi connectivity index (χ0v) is 10.1. The number of ether oxygens (including phenoxy) is 1. The van der Waals surface area contributed by atoms with Gasteiger partial charge in [-0.05, 0) is 11.8 Å². The van der Waals surface area contributed by atoms with Crippen LogP contribution in [0.3, 0.4) is 0 Å². The molecule has 0 aliphatic carbocycles. The van der Waals surface area contributed by atoms with Gasteiger partial charge in [-0.2, -0.15) is 0 Å². The fourth-order valence-electron chi connectivity index (χ4n) is 2.53. The molecule has 0 saturated carbocycles. The fourth-order valence-corrected chi connectivity index (χ4v) is 2.53. The molecule has 1 fully saturated rings. The summed E-state index contributed by atoms with van der Waals surface area (Å²) in [6, 6.07) is 0.344. The molecular weight excluding hydrogens is 238 g/mol. The van der Waals surface area contributed by atoms with Gasteiger partial charge in [0.2, 0.25) is 0 Å². The van der Waals surface area contributed by atoms with Crippen LogP contribution in [0.2, 0.25) is 0 Å². The second-order valence-corrected chi connectivity index (χ2v) is 5.03. The van der Waals surface area contributed by atoms with Crippen LogP contribution < -0.4 is 10.1 Å². The predicted molar refractivity (Wildman–Crippen MR) is 62.4 cm³/mol. The smallest absolute Gasteiger partial charge is 0.415 e. The van der Waals surface area contributed by atoms with Gasteiger partial charge in [-0.1, -0.05) is 0 Å². The molecule has 2 aliphatic rings. The van der Waals surface area contributed by atoms with Crippen LogP contribution in [0, 0.1) is 10.1 Å². The number of rotatable bonds is 3. The summed E-state index contributed by atoms with van der Waals surface area (Å²) in [6.07, 6.45) is 1.43. The van der Waals surface area contributed by atoms with Crippen molar-refractivity contribution in [3.8, 4) is 6.01 Å². The SMILES string of the molecule is CC1(CN2CCNC2)Cn2cc([N+](=O)[O-])nc2O1. The largest absolute Gasteiger partial charge is 0.436 e. The molecule has 0 bridgehead atoms. The van der Waals surface area contributed by atoms with E-state index in [1.165, 1.54) is 6.20 Å². The van der Waals surface area contributed by atoms with Crippen LogP contribution in [-0.4, -0.2) is 51.3 Å². The van der Waals surface area contributed by atoms with Gasteiger partial charge in [0.05, 0.1) is 6.54 Å². The number of nitrogens with zero attached hydrogens (tertiary/aromatic N) is 4. The van der Waals surface area contributed by atoms with Crippen molar-refractivity contribution in [1.29, 1.82) is 0 Å². The number of nitrogens with one attached hydrogen (secondary N) is 1. The zero-order valence-electron chi connectivity index (χ0n) is 10.1. The maximum atomic E-state index is 10.6. The maximum Gasteiger partial charge on any atom is 0.415 e. The first-order valence-electron chi connectivity index (χ1n) is 5.89. The summed E-state index contributed by atoms with van der Waals surface area (Å²) in [6.45, 7) is 6.25. The Labute approximate surface area is 104 Å². The van der Waals surface area contributed by atoms with E-state index in [1.54, 1.807) is 4.57 Å². The standard InChI is InChI=1S/C10H15N5O3/c1-10(5-13-3-2-11-7-13)6-14-4-8(15(16)17)12-9(14)18-10/h4,11H,2-3,5-7H2,1H3. The molecule has 1 unspecified atom stereocenters. The summed E-state index contributed by atoms with van der Waals surface area (Å²) in [5.41, 5.74) is -0.358. The van der Waals surface area contributed by atoms with Gasteiger partial charge in [0, 0.05) is 31.3 Å². The Bertz CT molecular complexity index is 456. The third-order valence-electron chi connectivity index (χ3n) is 3.26. The normalized spacial score (nSPS) is 27.2. The van der Waals surface area contributed by atoms with Crippen molar-refractivity contribution in [2.75, 3.05) is 26.3 Å². The molecule has 18 heavy (non-hydrogen) atoms. The van der Waals surface area contributed by atoms with Gasteiger partial charge in [0.1, 0.15) is 11.8 Å². The molecule has 3 rings (SSSR count). The first kappa shape index (κ1) is 11.4. The van der Waals surface area contributed by atoms with E-state index >= 15 is 0 Å². The molecule has 0 amide bonds. The van der Waals surface area contributed by atoms with E-state index < -0.39 is 4.92 Å². The minimum absolute atomic E-state index is 0.158. The molecule has 1 aromatic rings. The third kappa shape index (κ3) is 1.93. The summed E-state index contributed by atoms with van der Waals surface area (Å²) in [4.78, 5) is 16.2. The van der Waals surface area contributed by atoms with Crippen molar-refractivity contribution in [1.82, 2.24) is 19.8 Å². The number of nitro groups is 1. The van der Waals surface area contributed by atoms with Gasteiger partial charge < -0.3 is 20.2 Å². The summed E-state index contributed by atoms with van der Waals surface area (Å²) >= 11 is 0. The van der Waals surface area contributed by atoms with Gasteiger partial charge in [0.25, 0.3) is 0 Å². The van der Waals surface area contributed by atoms with E-state index in [9.17, 15) is 10.1 Å². The minimum Gasteiger partial charge on any atom is -0.436 e. The Morgan fingerprint density at radius 3 is 3.17 bits per heavy atom. The molecule has 1 N–H and O–H groups in total. The molecule has 98 valence electrons. The van der Waals surface area contributed by atoms with Crippen LogP contribution in [0.1, 0.15) is 6.92 Å². The molecule has 8 heteroatoms.